The van der Waals surface area contributed by atoms with Crippen LogP contribution in [-0.2, 0) is 42.7 Å². The first-order valence-electron chi connectivity index (χ1n) is 4.86. The molecule has 18 heavy (non-hydrogen) atoms. The number of ether oxygens (including phenoxy) is 1. The first kappa shape index (κ1) is 20.4. The van der Waals surface area contributed by atoms with Crippen LogP contribution in [0.4, 0.5) is 0 Å². The predicted octanol–water partition coefficient (Wildman–Crippen LogP) is 2.76. The Morgan fingerprint density at radius 2 is 1.67 bits per heavy atom. The molecule has 4 nitrogen and oxygen atoms in total. The van der Waals surface area contributed by atoms with Gasteiger partial charge in [0.05, 0.1) is 12.0 Å². The Balaban J connectivity index is 0. The zero-order valence-corrected chi connectivity index (χ0v) is 15.4. The van der Waals surface area contributed by atoms with E-state index in [0.29, 0.717) is 16.9 Å². The van der Waals surface area contributed by atoms with E-state index in [1.807, 2.05) is 6.92 Å². The molecule has 1 rings (SSSR count). The standard InChI is InChI=1S/C11H16NO3S.CH3.Y/c1-7-6-10(15-5)8(2)9(3)11(7)16(13,14)12-4;;/h6H,1-5H3;1H3;/q2*-1;. The second-order valence-corrected chi connectivity index (χ2v) is 5.36. The van der Waals surface area contributed by atoms with E-state index in [1.54, 1.807) is 27.0 Å². The Morgan fingerprint density at radius 1 is 1.17 bits per heavy atom. The van der Waals surface area contributed by atoms with E-state index in [4.69, 9.17) is 4.74 Å². The van der Waals surface area contributed by atoms with Gasteiger partial charge in [0, 0.05) is 32.7 Å². The van der Waals surface area contributed by atoms with E-state index >= 15 is 0 Å². The topological polar surface area (TPSA) is 57.5 Å². The number of benzene rings is 1. The third-order valence-electron chi connectivity index (χ3n) is 2.70. The van der Waals surface area contributed by atoms with Crippen molar-refractivity contribution in [2.75, 3.05) is 14.2 Å². The summed E-state index contributed by atoms with van der Waals surface area (Å²) < 4.78 is 32.2. The fraction of sp³-hybridized carbons (Fsp3) is 0.417. The van der Waals surface area contributed by atoms with Crippen molar-refractivity contribution in [3.8, 4) is 5.75 Å². The van der Waals surface area contributed by atoms with Crippen LogP contribution in [0.3, 0.4) is 0 Å². The van der Waals surface area contributed by atoms with E-state index in [-0.39, 0.29) is 45.0 Å². The summed E-state index contributed by atoms with van der Waals surface area (Å²) in [6.45, 7) is 5.35. The van der Waals surface area contributed by atoms with Crippen LogP contribution in [0.1, 0.15) is 16.7 Å². The van der Waals surface area contributed by atoms with Crippen molar-refractivity contribution < 1.29 is 45.9 Å². The molecule has 1 radical (unpaired) electrons. The maximum Gasteiger partial charge on any atom is 0.122 e. The third kappa shape index (κ3) is 3.76. The molecule has 0 bridgehead atoms. The average Bonchev–Trinajstić information content (AvgIpc) is 2.23. The molecule has 0 aliphatic heterocycles. The van der Waals surface area contributed by atoms with E-state index in [0.717, 1.165) is 5.56 Å². The van der Waals surface area contributed by atoms with Crippen molar-refractivity contribution >= 4 is 10.0 Å². The summed E-state index contributed by atoms with van der Waals surface area (Å²) in [7, 11) is -0.683. The van der Waals surface area contributed by atoms with Gasteiger partial charge in [-0.3, -0.25) is 0 Å². The molecule has 0 atom stereocenters. The summed E-state index contributed by atoms with van der Waals surface area (Å²) in [6, 6.07) is 1.72. The van der Waals surface area contributed by atoms with Crippen molar-refractivity contribution in [3.63, 3.8) is 0 Å². The molecule has 0 aliphatic rings. The van der Waals surface area contributed by atoms with Crippen LogP contribution in [0.2, 0.25) is 0 Å². The predicted molar refractivity (Wildman–Crippen MR) is 70.1 cm³/mol. The molecule has 0 N–H and O–H groups in total. The van der Waals surface area contributed by atoms with Crippen LogP contribution < -0.4 is 4.74 Å². The van der Waals surface area contributed by atoms with Crippen LogP contribution in [0.25, 0.3) is 4.72 Å². The van der Waals surface area contributed by atoms with Gasteiger partial charge >= 0.3 is 0 Å². The first-order valence-corrected chi connectivity index (χ1v) is 6.30. The number of methoxy groups -OCH3 is 1. The molecule has 0 amide bonds. The van der Waals surface area contributed by atoms with E-state index in [2.05, 4.69) is 4.72 Å². The van der Waals surface area contributed by atoms with Crippen LogP contribution >= 0.6 is 0 Å². The fourth-order valence-corrected chi connectivity index (χ4v) is 2.91. The molecule has 0 saturated heterocycles. The Bertz CT molecular complexity index is 513. The molecule has 6 heteroatoms. The van der Waals surface area contributed by atoms with Gasteiger partial charge < -0.3 is 16.9 Å². The van der Waals surface area contributed by atoms with Crippen LogP contribution in [0, 0.1) is 28.2 Å². The quantitative estimate of drug-likeness (QED) is 0.791. The molecule has 101 valence electrons. The van der Waals surface area contributed by atoms with Gasteiger partial charge in [-0.05, 0) is 43.5 Å². The van der Waals surface area contributed by atoms with Crippen LogP contribution in [-0.4, -0.2) is 22.6 Å². The van der Waals surface area contributed by atoms with Crippen molar-refractivity contribution in [3.05, 3.63) is 34.9 Å². The molecular weight excluding hydrogens is 327 g/mol. The number of sulfonamides is 1. The fourth-order valence-electron chi connectivity index (χ4n) is 1.72. The average molecular weight is 346 g/mol. The monoisotopic (exact) mass is 346 g/mol. The SMILES string of the molecule is C[N-]S(=O)(=O)c1c(C)cc(OC)c(C)c1C.[CH3-].[Y]. The molecule has 0 aromatic heterocycles. The van der Waals surface area contributed by atoms with Crippen LogP contribution in [0.5, 0.6) is 5.75 Å². The van der Waals surface area contributed by atoms with Crippen molar-refractivity contribution in [2.45, 2.75) is 25.7 Å². The minimum absolute atomic E-state index is 0. The van der Waals surface area contributed by atoms with Gasteiger partial charge in [-0.1, -0.05) is 0 Å². The number of hydrogen-bond acceptors (Lipinski definition) is 3. The second kappa shape index (κ2) is 7.58. The second-order valence-electron chi connectivity index (χ2n) is 3.63. The Kier molecular flexibility index (Phi) is 8.57. The summed E-state index contributed by atoms with van der Waals surface area (Å²) in [4.78, 5) is 0.285. The van der Waals surface area contributed by atoms with E-state index in [9.17, 15) is 8.42 Å². The van der Waals surface area contributed by atoms with Gasteiger partial charge in [0.25, 0.3) is 0 Å². The Morgan fingerprint density at radius 3 is 2.06 bits per heavy atom. The zero-order chi connectivity index (χ0) is 12.5. The largest absolute Gasteiger partial charge is 0.547 e. The molecule has 1 aromatic rings. The Labute approximate surface area is 135 Å². The molecular formula is C12H19NO3SY-2. The van der Waals surface area contributed by atoms with E-state index < -0.39 is 10.0 Å². The van der Waals surface area contributed by atoms with E-state index in [1.165, 1.54) is 7.05 Å². The number of aryl methyl sites for hydroxylation is 1. The van der Waals surface area contributed by atoms with Gasteiger partial charge in [-0.2, -0.15) is 7.05 Å². The number of nitrogens with zero attached hydrogens (tertiary/aromatic N) is 1. The summed E-state index contributed by atoms with van der Waals surface area (Å²) in [5.41, 5.74) is 2.18. The molecule has 0 saturated carbocycles. The summed E-state index contributed by atoms with van der Waals surface area (Å²) in [6.07, 6.45) is 0. The molecule has 0 fully saturated rings. The summed E-state index contributed by atoms with van der Waals surface area (Å²) in [5, 5.41) is 0. The van der Waals surface area contributed by atoms with Crippen LogP contribution in [0.15, 0.2) is 11.0 Å². The van der Waals surface area contributed by atoms with Crippen molar-refractivity contribution in [2.24, 2.45) is 0 Å². The van der Waals surface area contributed by atoms with Gasteiger partial charge in [-0.25, -0.2) is 8.42 Å². The number of rotatable bonds is 3. The smallest absolute Gasteiger partial charge is 0.122 e. The molecule has 0 heterocycles. The third-order valence-corrected chi connectivity index (χ3v) is 4.32. The molecule has 0 aliphatic carbocycles. The Hall–Kier alpha value is 0.0339. The minimum atomic E-state index is -3.54. The molecule has 0 unspecified atom stereocenters. The first-order chi connectivity index (χ1) is 7.35. The van der Waals surface area contributed by atoms with Gasteiger partial charge in [-0.15, -0.1) is 0 Å². The summed E-state index contributed by atoms with van der Waals surface area (Å²) in [5.74, 6) is 0.699. The van der Waals surface area contributed by atoms with Gasteiger partial charge in [0.2, 0.25) is 0 Å². The minimum Gasteiger partial charge on any atom is -0.547 e. The van der Waals surface area contributed by atoms with Gasteiger partial charge in [0.15, 0.2) is 0 Å². The zero-order valence-electron chi connectivity index (χ0n) is 11.7. The summed E-state index contributed by atoms with van der Waals surface area (Å²) >= 11 is 0. The molecule has 1 aromatic carbocycles. The molecule has 0 spiro atoms. The van der Waals surface area contributed by atoms with Crippen molar-refractivity contribution in [1.82, 2.24) is 0 Å². The normalized spacial score (nSPS) is 10.3. The van der Waals surface area contributed by atoms with Gasteiger partial charge in [0.1, 0.15) is 15.8 Å². The van der Waals surface area contributed by atoms with Crippen molar-refractivity contribution in [1.29, 1.82) is 0 Å². The maximum absolute atomic E-state index is 11.8. The maximum atomic E-state index is 11.8. The number of hydrogen-bond donors (Lipinski definition) is 0.